The van der Waals surface area contributed by atoms with Crippen molar-refractivity contribution in [2.75, 3.05) is 13.2 Å². The van der Waals surface area contributed by atoms with Gasteiger partial charge in [-0.2, -0.15) is 0 Å². The first-order chi connectivity index (χ1) is 13.5. The van der Waals surface area contributed by atoms with Crippen LogP contribution in [-0.2, 0) is 4.74 Å². The summed E-state index contributed by atoms with van der Waals surface area (Å²) in [5.41, 5.74) is 1.38. The number of benzene rings is 1. The van der Waals surface area contributed by atoms with E-state index in [1.807, 2.05) is 6.07 Å². The van der Waals surface area contributed by atoms with E-state index in [9.17, 15) is 0 Å². The summed E-state index contributed by atoms with van der Waals surface area (Å²) in [6.07, 6.45) is 6.48. The highest BCUT2D eigenvalue weighted by atomic mass is 127. The van der Waals surface area contributed by atoms with Crippen LogP contribution in [0.4, 0.5) is 0 Å². The van der Waals surface area contributed by atoms with Crippen molar-refractivity contribution in [2.45, 2.75) is 76.7 Å². The van der Waals surface area contributed by atoms with Crippen LogP contribution in [-0.4, -0.2) is 36.9 Å². The van der Waals surface area contributed by atoms with Crippen molar-refractivity contribution in [2.24, 2.45) is 16.3 Å². The Hall–Kier alpha value is -1.02. The number of ether oxygens (including phenoxy) is 2. The van der Waals surface area contributed by atoms with Gasteiger partial charge in [-0.05, 0) is 46.1 Å². The summed E-state index contributed by atoms with van der Waals surface area (Å²) in [7, 11) is 0. The average molecular weight is 511 g/mol. The molecule has 0 amide bonds. The normalized spacial score (nSPS) is 33.3. The Morgan fingerprint density at radius 3 is 2.72 bits per heavy atom. The van der Waals surface area contributed by atoms with Gasteiger partial charge in [0, 0.05) is 42.5 Å². The molecule has 0 aromatic heterocycles. The number of hydrogen-bond acceptors (Lipinski definition) is 3. The summed E-state index contributed by atoms with van der Waals surface area (Å²) in [6.45, 7) is 8.12. The van der Waals surface area contributed by atoms with E-state index in [-0.39, 0.29) is 35.6 Å². The standard InChI is InChI=1S/C23H33N3O2.HI/c1-4-24-21(26-19-16-10-13-27-20(16)23(19)11-7-12-23)25-17-14-22(2,3)28-18-9-6-5-8-15(17)18;/h5-6,8-9,16-17,19-20H,4,7,10-14H2,1-3H3,(H2,24,25,26);1H. The summed E-state index contributed by atoms with van der Waals surface area (Å²) >= 11 is 0. The van der Waals surface area contributed by atoms with Crippen molar-refractivity contribution >= 4 is 29.9 Å². The number of guanidine groups is 1. The highest BCUT2D eigenvalue weighted by Gasteiger charge is 2.66. The fourth-order valence-corrected chi connectivity index (χ4v) is 5.99. The molecule has 1 aromatic rings. The maximum absolute atomic E-state index is 6.20. The molecular formula is C23H34IN3O2. The van der Waals surface area contributed by atoms with E-state index in [1.165, 1.54) is 31.2 Å². The first kappa shape index (κ1) is 21.2. The first-order valence-corrected chi connectivity index (χ1v) is 11.0. The van der Waals surface area contributed by atoms with Gasteiger partial charge >= 0.3 is 0 Å². The first-order valence-electron chi connectivity index (χ1n) is 11.0. The molecule has 4 aliphatic rings. The monoisotopic (exact) mass is 511 g/mol. The second-order valence-corrected chi connectivity index (χ2v) is 9.58. The van der Waals surface area contributed by atoms with Gasteiger partial charge < -0.3 is 20.1 Å². The Bertz CT molecular complexity index is 777. The van der Waals surface area contributed by atoms with Crippen LogP contribution in [0.3, 0.4) is 0 Å². The molecule has 0 bridgehead atoms. The van der Waals surface area contributed by atoms with Gasteiger partial charge in [-0.15, -0.1) is 24.0 Å². The largest absolute Gasteiger partial charge is 0.487 e. The van der Waals surface area contributed by atoms with Crippen LogP contribution in [0.5, 0.6) is 5.75 Å². The molecule has 160 valence electrons. The van der Waals surface area contributed by atoms with Crippen molar-refractivity contribution in [3.8, 4) is 5.75 Å². The van der Waals surface area contributed by atoms with Gasteiger partial charge in [-0.3, -0.25) is 4.99 Å². The second-order valence-electron chi connectivity index (χ2n) is 9.58. The lowest BCUT2D eigenvalue weighted by molar-refractivity contribution is -0.171. The molecule has 2 N–H and O–H groups in total. The molecule has 1 spiro atoms. The van der Waals surface area contributed by atoms with E-state index in [1.54, 1.807) is 0 Å². The Kier molecular flexibility index (Phi) is 5.79. The van der Waals surface area contributed by atoms with Crippen LogP contribution >= 0.6 is 24.0 Å². The third-order valence-electron chi connectivity index (χ3n) is 7.33. The lowest BCUT2D eigenvalue weighted by atomic mass is 9.46. The Morgan fingerprint density at radius 1 is 1.21 bits per heavy atom. The SMILES string of the molecule is CCN=C(NC1CC(C)(C)Oc2ccccc21)NC1C2CCOC2C12CCC2.I. The van der Waals surface area contributed by atoms with Crippen LogP contribution in [0.1, 0.15) is 64.5 Å². The number of nitrogens with one attached hydrogen (secondary N) is 2. The minimum Gasteiger partial charge on any atom is -0.487 e. The minimum atomic E-state index is -0.195. The fraction of sp³-hybridized carbons (Fsp3) is 0.696. The molecule has 6 heteroatoms. The molecule has 2 aliphatic carbocycles. The Labute approximate surface area is 191 Å². The van der Waals surface area contributed by atoms with Crippen LogP contribution in [0.25, 0.3) is 0 Å². The van der Waals surface area contributed by atoms with Gasteiger partial charge in [0.1, 0.15) is 11.4 Å². The number of hydrogen-bond donors (Lipinski definition) is 2. The molecule has 2 saturated carbocycles. The van der Waals surface area contributed by atoms with E-state index >= 15 is 0 Å². The molecule has 1 saturated heterocycles. The quantitative estimate of drug-likeness (QED) is 0.359. The topological polar surface area (TPSA) is 54.9 Å². The minimum absolute atomic E-state index is 0. The predicted molar refractivity (Wildman–Crippen MR) is 126 cm³/mol. The van der Waals surface area contributed by atoms with E-state index in [0.29, 0.717) is 23.5 Å². The predicted octanol–water partition coefficient (Wildman–Crippen LogP) is 4.42. The number of para-hydroxylation sites is 1. The van der Waals surface area contributed by atoms with Gasteiger partial charge in [0.05, 0.1) is 12.1 Å². The number of fused-ring (bicyclic) bond motifs is 3. The van der Waals surface area contributed by atoms with Crippen molar-refractivity contribution in [3.05, 3.63) is 29.8 Å². The summed E-state index contributed by atoms with van der Waals surface area (Å²) in [6, 6.07) is 9.08. The molecule has 5 nitrogen and oxygen atoms in total. The van der Waals surface area contributed by atoms with E-state index < -0.39 is 0 Å². The number of nitrogens with zero attached hydrogens (tertiary/aromatic N) is 1. The van der Waals surface area contributed by atoms with Gasteiger partial charge in [-0.1, -0.05) is 24.6 Å². The summed E-state index contributed by atoms with van der Waals surface area (Å²) in [5, 5.41) is 7.59. The third kappa shape index (κ3) is 3.54. The highest BCUT2D eigenvalue weighted by molar-refractivity contribution is 14.0. The molecule has 5 rings (SSSR count). The molecule has 29 heavy (non-hydrogen) atoms. The molecular weight excluding hydrogens is 477 g/mol. The number of halogens is 1. The third-order valence-corrected chi connectivity index (χ3v) is 7.33. The molecule has 3 fully saturated rings. The van der Waals surface area contributed by atoms with Crippen LogP contribution in [0.2, 0.25) is 0 Å². The maximum Gasteiger partial charge on any atom is 0.191 e. The molecule has 0 radical (unpaired) electrons. The van der Waals surface area contributed by atoms with Crippen LogP contribution < -0.4 is 15.4 Å². The Balaban J connectivity index is 0.00000205. The fourth-order valence-electron chi connectivity index (χ4n) is 5.99. The van der Waals surface area contributed by atoms with Crippen LogP contribution in [0.15, 0.2) is 29.3 Å². The van der Waals surface area contributed by atoms with E-state index in [0.717, 1.165) is 31.3 Å². The van der Waals surface area contributed by atoms with Crippen molar-refractivity contribution in [1.82, 2.24) is 10.6 Å². The van der Waals surface area contributed by atoms with Gasteiger partial charge in [-0.25, -0.2) is 0 Å². The highest BCUT2D eigenvalue weighted by Crippen LogP contribution is 2.62. The van der Waals surface area contributed by atoms with Crippen molar-refractivity contribution in [1.29, 1.82) is 0 Å². The zero-order valence-electron chi connectivity index (χ0n) is 17.7. The molecule has 1 aromatic carbocycles. The van der Waals surface area contributed by atoms with Crippen LogP contribution in [0, 0.1) is 11.3 Å². The average Bonchev–Trinajstić information content (AvgIpc) is 3.02. The summed E-state index contributed by atoms with van der Waals surface area (Å²) < 4.78 is 12.3. The molecule has 4 atom stereocenters. The lowest BCUT2D eigenvalue weighted by Crippen LogP contribution is -2.72. The van der Waals surface area contributed by atoms with Gasteiger partial charge in [0.2, 0.25) is 0 Å². The summed E-state index contributed by atoms with van der Waals surface area (Å²) in [4.78, 5) is 4.81. The molecule has 2 heterocycles. The van der Waals surface area contributed by atoms with Crippen molar-refractivity contribution in [3.63, 3.8) is 0 Å². The Morgan fingerprint density at radius 2 is 2.00 bits per heavy atom. The maximum atomic E-state index is 6.20. The number of rotatable bonds is 3. The number of aliphatic imine (C=N–C) groups is 1. The zero-order valence-corrected chi connectivity index (χ0v) is 20.1. The summed E-state index contributed by atoms with van der Waals surface area (Å²) in [5.74, 6) is 2.57. The van der Waals surface area contributed by atoms with Gasteiger partial charge in [0.15, 0.2) is 5.96 Å². The molecule has 2 aliphatic heterocycles. The van der Waals surface area contributed by atoms with Crippen molar-refractivity contribution < 1.29 is 9.47 Å². The second kappa shape index (κ2) is 7.91. The lowest BCUT2D eigenvalue weighted by Gasteiger charge is -2.63. The smallest absolute Gasteiger partial charge is 0.191 e. The molecule has 4 unspecified atom stereocenters. The van der Waals surface area contributed by atoms with E-state index in [4.69, 9.17) is 14.5 Å². The van der Waals surface area contributed by atoms with Gasteiger partial charge in [0.25, 0.3) is 0 Å². The van der Waals surface area contributed by atoms with E-state index in [2.05, 4.69) is 49.6 Å². The zero-order chi connectivity index (χ0) is 19.4.